The van der Waals surface area contributed by atoms with Gasteiger partial charge in [0.2, 0.25) is 0 Å². The molecule has 3 aliphatic rings. The van der Waals surface area contributed by atoms with Crippen LogP contribution in [0.15, 0.2) is 0 Å². The fourth-order valence-electron chi connectivity index (χ4n) is 4.74. The third-order valence-electron chi connectivity index (χ3n) is 5.66. The molecule has 3 atom stereocenters. The third kappa shape index (κ3) is 2.60. The van der Waals surface area contributed by atoms with Gasteiger partial charge in [-0.2, -0.15) is 0 Å². The minimum Gasteiger partial charge on any atom is -0.393 e. The van der Waals surface area contributed by atoms with E-state index in [1.807, 2.05) is 0 Å². The average molecular weight is 251 g/mol. The third-order valence-corrected chi connectivity index (χ3v) is 5.66. The van der Waals surface area contributed by atoms with Crippen LogP contribution in [0.2, 0.25) is 0 Å². The number of aliphatic hydroxyl groups excluding tert-OH is 1. The minimum atomic E-state index is 0.00128. The summed E-state index contributed by atoms with van der Waals surface area (Å²) in [5.74, 6) is 0.593. The van der Waals surface area contributed by atoms with Crippen molar-refractivity contribution in [1.29, 1.82) is 0 Å². The monoisotopic (exact) mass is 251 g/mol. The van der Waals surface area contributed by atoms with E-state index in [1.165, 1.54) is 70.8 Å². The van der Waals surface area contributed by atoms with Crippen molar-refractivity contribution in [2.75, 3.05) is 6.54 Å². The van der Waals surface area contributed by atoms with Gasteiger partial charge in [0, 0.05) is 18.0 Å². The molecule has 2 nitrogen and oxygen atoms in total. The Bertz CT molecular complexity index is 260. The Hall–Kier alpha value is -0.0800. The lowest BCUT2D eigenvalue weighted by atomic mass is 9.92. The van der Waals surface area contributed by atoms with Crippen LogP contribution in [0.3, 0.4) is 0 Å². The number of nitrogens with zero attached hydrogens (tertiary/aromatic N) is 1. The minimum absolute atomic E-state index is 0.00128. The quantitative estimate of drug-likeness (QED) is 0.761. The van der Waals surface area contributed by atoms with Gasteiger partial charge in [0.25, 0.3) is 0 Å². The summed E-state index contributed by atoms with van der Waals surface area (Å²) < 4.78 is 0. The number of hydrogen-bond donors (Lipinski definition) is 1. The summed E-state index contributed by atoms with van der Waals surface area (Å²) in [4.78, 5) is 2.81. The molecule has 1 heterocycles. The molecule has 0 aromatic heterocycles. The molecule has 3 rings (SSSR count). The van der Waals surface area contributed by atoms with E-state index in [0.29, 0.717) is 12.0 Å². The van der Waals surface area contributed by atoms with Crippen molar-refractivity contribution in [2.45, 2.75) is 88.8 Å². The first-order chi connectivity index (χ1) is 8.86. The standard InChI is InChI=1S/C16H29NO/c18-16-11-5-9-14(16)15-10-6-12-17(15)13-7-3-1-2-4-8-13/h13-16,18H,1-12H2. The van der Waals surface area contributed by atoms with E-state index in [2.05, 4.69) is 4.90 Å². The number of rotatable bonds is 2. The molecule has 1 N–H and O–H groups in total. The fraction of sp³-hybridized carbons (Fsp3) is 1.00. The Morgan fingerprint density at radius 3 is 2.17 bits per heavy atom. The van der Waals surface area contributed by atoms with Crippen LogP contribution < -0.4 is 0 Å². The molecular weight excluding hydrogens is 222 g/mol. The molecule has 1 saturated heterocycles. The maximum atomic E-state index is 10.2. The fourth-order valence-corrected chi connectivity index (χ4v) is 4.74. The van der Waals surface area contributed by atoms with E-state index in [9.17, 15) is 5.11 Å². The van der Waals surface area contributed by atoms with Gasteiger partial charge in [-0.25, -0.2) is 0 Å². The first kappa shape index (κ1) is 12.9. The molecule has 2 heteroatoms. The van der Waals surface area contributed by atoms with Crippen molar-refractivity contribution in [1.82, 2.24) is 4.90 Å². The largest absolute Gasteiger partial charge is 0.393 e. The Kier molecular flexibility index (Phi) is 4.25. The second-order valence-corrected chi connectivity index (χ2v) is 6.75. The molecule has 104 valence electrons. The second-order valence-electron chi connectivity index (χ2n) is 6.75. The van der Waals surface area contributed by atoms with Crippen molar-refractivity contribution >= 4 is 0 Å². The average Bonchev–Trinajstić information content (AvgIpc) is 2.91. The predicted octanol–water partition coefficient (Wildman–Crippen LogP) is 3.33. The van der Waals surface area contributed by atoms with Gasteiger partial charge in [-0.3, -0.25) is 4.90 Å². The van der Waals surface area contributed by atoms with E-state index in [-0.39, 0.29) is 6.10 Å². The van der Waals surface area contributed by atoms with Crippen LogP contribution in [0.1, 0.15) is 70.6 Å². The number of hydrogen-bond acceptors (Lipinski definition) is 2. The van der Waals surface area contributed by atoms with Crippen LogP contribution in [0.25, 0.3) is 0 Å². The molecule has 18 heavy (non-hydrogen) atoms. The van der Waals surface area contributed by atoms with E-state index < -0.39 is 0 Å². The normalized spacial score (nSPS) is 40.2. The van der Waals surface area contributed by atoms with Gasteiger partial charge >= 0.3 is 0 Å². The summed E-state index contributed by atoms with van der Waals surface area (Å²) in [6.07, 6.45) is 14.9. The summed E-state index contributed by atoms with van der Waals surface area (Å²) in [6.45, 7) is 1.30. The molecule has 0 radical (unpaired) electrons. The van der Waals surface area contributed by atoms with Crippen LogP contribution in [-0.4, -0.2) is 34.7 Å². The highest BCUT2D eigenvalue weighted by Crippen LogP contribution is 2.38. The molecule has 3 unspecified atom stereocenters. The van der Waals surface area contributed by atoms with Crippen molar-refractivity contribution in [3.63, 3.8) is 0 Å². The summed E-state index contributed by atoms with van der Waals surface area (Å²) in [5.41, 5.74) is 0. The first-order valence-corrected chi connectivity index (χ1v) is 8.30. The van der Waals surface area contributed by atoms with Crippen molar-refractivity contribution < 1.29 is 5.11 Å². The molecule has 0 aromatic rings. The summed E-state index contributed by atoms with van der Waals surface area (Å²) >= 11 is 0. The Balaban J connectivity index is 1.66. The topological polar surface area (TPSA) is 23.5 Å². The number of aliphatic hydroxyl groups is 1. The lowest BCUT2D eigenvalue weighted by Gasteiger charge is -2.37. The SMILES string of the molecule is OC1CCCC1C1CCCN1C1CCCCCC1. The van der Waals surface area contributed by atoms with Crippen molar-refractivity contribution in [2.24, 2.45) is 5.92 Å². The Morgan fingerprint density at radius 2 is 1.50 bits per heavy atom. The molecule has 0 aromatic carbocycles. The highest BCUT2D eigenvalue weighted by molar-refractivity contribution is 4.94. The molecule has 3 fully saturated rings. The van der Waals surface area contributed by atoms with Gasteiger partial charge in [-0.1, -0.05) is 32.1 Å². The molecule has 2 saturated carbocycles. The van der Waals surface area contributed by atoms with Crippen LogP contribution in [-0.2, 0) is 0 Å². The molecule has 0 spiro atoms. The molecular formula is C16H29NO. The molecule has 2 aliphatic carbocycles. The van der Waals surface area contributed by atoms with Crippen molar-refractivity contribution in [3.05, 3.63) is 0 Å². The van der Waals surface area contributed by atoms with Crippen LogP contribution >= 0.6 is 0 Å². The van der Waals surface area contributed by atoms with Gasteiger partial charge in [0.1, 0.15) is 0 Å². The Morgan fingerprint density at radius 1 is 0.722 bits per heavy atom. The first-order valence-electron chi connectivity index (χ1n) is 8.30. The highest BCUT2D eigenvalue weighted by atomic mass is 16.3. The Labute approximate surface area is 112 Å². The van der Waals surface area contributed by atoms with Gasteiger partial charge in [-0.15, -0.1) is 0 Å². The zero-order valence-electron chi connectivity index (χ0n) is 11.7. The van der Waals surface area contributed by atoms with Gasteiger partial charge in [0.15, 0.2) is 0 Å². The van der Waals surface area contributed by atoms with Crippen LogP contribution in [0, 0.1) is 5.92 Å². The molecule has 0 bridgehead atoms. The van der Waals surface area contributed by atoms with Crippen LogP contribution in [0.5, 0.6) is 0 Å². The maximum Gasteiger partial charge on any atom is 0.0583 e. The van der Waals surface area contributed by atoms with Gasteiger partial charge < -0.3 is 5.11 Å². The van der Waals surface area contributed by atoms with Gasteiger partial charge in [0.05, 0.1) is 6.10 Å². The molecule has 1 aliphatic heterocycles. The summed E-state index contributed by atoms with van der Waals surface area (Å²) in [7, 11) is 0. The van der Waals surface area contributed by atoms with E-state index in [1.54, 1.807) is 0 Å². The summed E-state index contributed by atoms with van der Waals surface area (Å²) in [6, 6.07) is 1.55. The highest BCUT2D eigenvalue weighted by Gasteiger charge is 2.40. The molecule has 0 amide bonds. The van der Waals surface area contributed by atoms with Crippen LogP contribution in [0.4, 0.5) is 0 Å². The second kappa shape index (κ2) is 5.92. The van der Waals surface area contributed by atoms with Crippen molar-refractivity contribution in [3.8, 4) is 0 Å². The van der Waals surface area contributed by atoms with E-state index in [0.717, 1.165) is 12.5 Å². The van der Waals surface area contributed by atoms with Gasteiger partial charge in [-0.05, 0) is 45.1 Å². The zero-order chi connectivity index (χ0) is 12.4. The maximum absolute atomic E-state index is 10.2. The van der Waals surface area contributed by atoms with E-state index in [4.69, 9.17) is 0 Å². The number of likely N-dealkylation sites (tertiary alicyclic amines) is 1. The lowest BCUT2D eigenvalue weighted by Crippen LogP contribution is -2.44. The lowest BCUT2D eigenvalue weighted by molar-refractivity contribution is 0.0525. The summed E-state index contributed by atoms with van der Waals surface area (Å²) in [5, 5.41) is 10.2. The van der Waals surface area contributed by atoms with E-state index >= 15 is 0 Å². The predicted molar refractivity (Wildman–Crippen MR) is 74.6 cm³/mol. The zero-order valence-corrected chi connectivity index (χ0v) is 11.7. The smallest absolute Gasteiger partial charge is 0.0583 e.